The smallest absolute Gasteiger partial charge is 0.338 e. The van der Waals surface area contributed by atoms with Crippen LogP contribution in [0.5, 0.6) is 5.75 Å². The number of aryl methyl sites for hydroxylation is 1. The van der Waals surface area contributed by atoms with Gasteiger partial charge in [-0.1, -0.05) is 19.1 Å². The number of esters is 1. The molecule has 5 rings (SSSR count). The van der Waals surface area contributed by atoms with Crippen molar-refractivity contribution in [3.8, 4) is 5.75 Å². The number of aromatic hydroxyl groups is 1. The monoisotopic (exact) mass is 487 g/mol. The van der Waals surface area contributed by atoms with E-state index in [1.807, 2.05) is 13.0 Å². The van der Waals surface area contributed by atoms with Crippen LogP contribution in [-0.2, 0) is 21.2 Å². The van der Waals surface area contributed by atoms with E-state index in [2.05, 4.69) is 0 Å². The number of carbonyl (C=O) groups excluding carboxylic acids is 1. The highest BCUT2D eigenvalue weighted by Crippen LogP contribution is 2.61. The van der Waals surface area contributed by atoms with Crippen molar-refractivity contribution >= 4 is 16.0 Å². The summed E-state index contributed by atoms with van der Waals surface area (Å²) >= 11 is 0. The summed E-state index contributed by atoms with van der Waals surface area (Å²) in [6, 6.07) is 10.7. The Hall–Kier alpha value is -2.46. The first kappa shape index (κ1) is 23.3. The number of primary sulfonamides is 1. The summed E-state index contributed by atoms with van der Waals surface area (Å²) in [6.07, 6.45) is -0.173. The fraction of sp³-hybridized carbons (Fsp3) is 0.480. The highest BCUT2D eigenvalue weighted by Gasteiger charge is 2.63. The van der Waals surface area contributed by atoms with Crippen LogP contribution in [0.15, 0.2) is 47.4 Å². The Morgan fingerprint density at radius 2 is 1.91 bits per heavy atom. The number of carbonyl (C=O) groups is 1. The van der Waals surface area contributed by atoms with E-state index in [-0.39, 0.29) is 34.0 Å². The molecule has 5 N–H and O–H groups in total. The van der Waals surface area contributed by atoms with Crippen LogP contribution in [0.25, 0.3) is 0 Å². The minimum absolute atomic E-state index is 0.0183. The molecule has 2 aromatic rings. The van der Waals surface area contributed by atoms with Crippen LogP contribution in [0.3, 0.4) is 0 Å². The van der Waals surface area contributed by atoms with Crippen molar-refractivity contribution in [1.29, 1.82) is 0 Å². The van der Waals surface area contributed by atoms with Crippen LogP contribution in [0, 0.1) is 17.3 Å². The second-order valence-corrected chi connectivity index (χ2v) is 11.7. The van der Waals surface area contributed by atoms with Gasteiger partial charge in [-0.05, 0) is 84.9 Å². The molecule has 7 atom stereocenters. The molecule has 9 heteroatoms. The van der Waals surface area contributed by atoms with E-state index in [1.54, 1.807) is 12.1 Å². The molecule has 0 radical (unpaired) electrons. The van der Waals surface area contributed by atoms with Gasteiger partial charge in [0.05, 0.1) is 22.7 Å². The molecule has 0 bridgehead atoms. The number of benzene rings is 2. The number of fused-ring (bicyclic) bond motifs is 5. The Labute approximate surface area is 198 Å². The number of hydrogen-bond donors (Lipinski definition) is 4. The maximum absolute atomic E-state index is 12.9. The number of sulfonamides is 1. The topological polar surface area (TPSA) is 147 Å². The first-order chi connectivity index (χ1) is 16.0. The SMILES string of the molecule is C[C@]12CCC3c4ccc(O)cc4CCC3C1[C@@H](O)[C@@H](OC(=O)c1cccc(S(N)(=O)=O)c1)[C@@H]2O. The van der Waals surface area contributed by atoms with Crippen molar-refractivity contribution in [2.24, 2.45) is 22.4 Å². The van der Waals surface area contributed by atoms with E-state index >= 15 is 0 Å². The lowest BCUT2D eigenvalue weighted by Crippen LogP contribution is -2.46. The van der Waals surface area contributed by atoms with Gasteiger partial charge in [0.25, 0.3) is 0 Å². The second-order valence-electron chi connectivity index (χ2n) is 10.1. The van der Waals surface area contributed by atoms with E-state index in [9.17, 15) is 28.5 Å². The summed E-state index contributed by atoms with van der Waals surface area (Å²) in [5, 5.41) is 37.6. The van der Waals surface area contributed by atoms with Gasteiger partial charge in [0.15, 0.2) is 6.10 Å². The maximum Gasteiger partial charge on any atom is 0.338 e. The van der Waals surface area contributed by atoms with Gasteiger partial charge in [0.2, 0.25) is 10.0 Å². The molecule has 0 aromatic heterocycles. The lowest BCUT2D eigenvalue weighted by molar-refractivity contribution is -0.0613. The molecule has 0 amide bonds. The normalized spacial score (nSPS) is 34.6. The van der Waals surface area contributed by atoms with Gasteiger partial charge in [-0.3, -0.25) is 0 Å². The molecular weight excluding hydrogens is 458 g/mol. The van der Waals surface area contributed by atoms with Crippen LogP contribution in [-0.4, -0.2) is 48.0 Å². The summed E-state index contributed by atoms with van der Waals surface area (Å²) in [5.41, 5.74) is 1.66. The van der Waals surface area contributed by atoms with Gasteiger partial charge in [-0.15, -0.1) is 0 Å². The van der Waals surface area contributed by atoms with Gasteiger partial charge in [0.1, 0.15) is 5.75 Å². The fourth-order valence-electron chi connectivity index (χ4n) is 6.73. The van der Waals surface area contributed by atoms with E-state index in [4.69, 9.17) is 9.88 Å². The molecule has 3 aliphatic carbocycles. The molecular formula is C25H29NO7S. The summed E-state index contributed by atoms with van der Waals surface area (Å²) in [7, 11) is -4.00. The molecule has 2 fully saturated rings. The number of phenols is 1. The van der Waals surface area contributed by atoms with E-state index in [1.165, 1.54) is 23.8 Å². The highest BCUT2D eigenvalue weighted by molar-refractivity contribution is 7.89. The number of aliphatic hydroxyl groups is 2. The van der Waals surface area contributed by atoms with Gasteiger partial charge in [0, 0.05) is 5.41 Å². The zero-order valence-corrected chi connectivity index (χ0v) is 19.6. The molecule has 182 valence electrons. The van der Waals surface area contributed by atoms with Crippen molar-refractivity contribution in [3.63, 3.8) is 0 Å². The van der Waals surface area contributed by atoms with Crippen LogP contribution in [0.2, 0.25) is 0 Å². The third-order valence-electron chi connectivity index (χ3n) is 8.34. The van der Waals surface area contributed by atoms with Gasteiger partial charge in [-0.2, -0.15) is 0 Å². The molecule has 2 aromatic carbocycles. The Morgan fingerprint density at radius 3 is 2.65 bits per heavy atom. The predicted molar refractivity (Wildman–Crippen MR) is 123 cm³/mol. The quantitative estimate of drug-likeness (QED) is 0.485. The molecule has 2 saturated carbocycles. The molecule has 0 heterocycles. The number of rotatable bonds is 3. The molecule has 34 heavy (non-hydrogen) atoms. The van der Waals surface area contributed by atoms with Crippen molar-refractivity contribution < 1.29 is 33.3 Å². The van der Waals surface area contributed by atoms with Crippen LogP contribution in [0.4, 0.5) is 0 Å². The fourth-order valence-corrected chi connectivity index (χ4v) is 7.29. The zero-order valence-electron chi connectivity index (χ0n) is 18.8. The van der Waals surface area contributed by atoms with Gasteiger partial charge < -0.3 is 20.1 Å². The average Bonchev–Trinajstić information content (AvgIpc) is 2.98. The Morgan fingerprint density at radius 1 is 1.15 bits per heavy atom. The van der Waals surface area contributed by atoms with Crippen molar-refractivity contribution in [2.45, 2.75) is 61.7 Å². The first-order valence-electron chi connectivity index (χ1n) is 11.5. The summed E-state index contributed by atoms with van der Waals surface area (Å²) in [4.78, 5) is 12.6. The minimum Gasteiger partial charge on any atom is -0.508 e. The molecule has 3 unspecified atom stereocenters. The summed E-state index contributed by atoms with van der Waals surface area (Å²) < 4.78 is 28.9. The third-order valence-corrected chi connectivity index (χ3v) is 9.25. The second kappa shape index (κ2) is 8.05. The lowest BCUT2D eigenvalue weighted by atomic mass is 9.55. The standard InChI is InChI=1S/C25H29NO7S/c1-25-10-9-18-17-8-6-15(27)11-13(17)5-7-19(18)20(25)21(28)22(23(25)29)33-24(30)14-3-2-4-16(12-14)34(26,31)32/h2-4,6,8,11-12,18-23,27-29H,5,7,9-10H2,1H3,(H2,26,31,32)/t18?,19?,20?,21-,22-,23+,25+/m1/s1. The Kier molecular flexibility index (Phi) is 5.51. The van der Waals surface area contributed by atoms with E-state index in [0.717, 1.165) is 30.9 Å². The van der Waals surface area contributed by atoms with Crippen molar-refractivity contribution in [3.05, 3.63) is 59.2 Å². The van der Waals surface area contributed by atoms with Crippen molar-refractivity contribution in [1.82, 2.24) is 0 Å². The lowest BCUT2D eigenvalue weighted by Gasteiger charge is -2.50. The van der Waals surface area contributed by atoms with E-state index < -0.39 is 39.7 Å². The largest absolute Gasteiger partial charge is 0.508 e. The van der Waals surface area contributed by atoms with Crippen molar-refractivity contribution in [2.75, 3.05) is 0 Å². The number of nitrogens with two attached hydrogens (primary N) is 1. The van der Waals surface area contributed by atoms with Gasteiger partial charge in [-0.25, -0.2) is 18.4 Å². The van der Waals surface area contributed by atoms with Crippen LogP contribution < -0.4 is 5.14 Å². The predicted octanol–water partition coefficient (Wildman–Crippen LogP) is 2.06. The van der Waals surface area contributed by atoms with E-state index in [0.29, 0.717) is 6.42 Å². The van der Waals surface area contributed by atoms with Gasteiger partial charge >= 0.3 is 5.97 Å². The Balaban J connectivity index is 1.41. The molecule has 3 aliphatic rings. The Bertz CT molecular complexity index is 1250. The number of aliphatic hydroxyl groups excluding tert-OH is 2. The number of ether oxygens (including phenoxy) is 1. The molecule has 0 aliphatic heterocycles. The summed E-state index contributed by atoms with van der Waals surface area (Å²) in [6.45, 7) is 1.95. The molecule has 0 spiro atoms. The number of hydrogen-bond acceptors (Lipinski definition) is 7. The number of phenolic OH excluding ortho intramolecular Hbond substituents is 1. The maximum atomic E-state index is 12.9. The molecule has 8 nitrogen and oxygen atoms in total. The molecule has 0 saturated heterocycles. The highest BCUT2D eigenvalue weighted by atomic mass is 32.2. The average molecular weight is 488 g/mol. The van der Waals surface area contributed by atoms with Crippen LogP contribution >= 0.6 is 0 Å². The first-order valence-corrected chi connectivity index (χ1v) is 13.1. The minimum atomic E-state index is -4.00. The summed E-state index contributed by atoms with van der Waals surface area (Å²) in [5.74, 6) is -0.540. The zero-order chi connectivity index (χ0) is 24.4. The van der Waals surface area contributed by atoms with Crippen LogP contribution in [0.1, 0.15) is 53.6 Å². The third kappa shape index (κ3) is 3.62.